The minimum atomic E-state index is -0.172. The smallest absolute Gasteiger partial charge is 0.232 e. The molecule has 0 radical (unpaired) electrons. The van der Waals surface area contributed by atoms with Gasteiger partial charge in [-0.05, 0) is 0 Å². The standard InChI is InChI=1S/C14H11N3O2S2/c1-8(18)15-14-16-10(7-20-14)11-12(19)17-13(21-11)9-5-3-2-4-6-9/h2-7,19H,1H3,(H,15,16,18). The second-order valence-corrected chi connectivity index (χ2v) is 6.11. The number of amides is 1. The number of benzene rings is 1. The SMILES string of the molecule is CC(=O)Nc1nc(-c2sc(-c3ccccc3)nc2O)cs1. The van der Waals surface area contributed by atoms with Crippen molar-refractivity contribution in [1.82, 2.24) is 9.97 Å². The van der Waals surface area contributed by atoms with Crippen LogP contribution in [-0.4, -0.2) is 21.0 Å². The molecule has 2 heterocycles. The minimum Gasteiger partial charge on any atom is -0.492 e. The molecule has 3 rings (SSSR count). The predicted molar refractivity (Wildman–Crippen MR) is 84.6 cm³/mol. The van der Waals surface area contributed by atoms with Gasteiger partial charge in [-0.2, -0.15) is 0 Å². The van der Waals surface area contributed by atoms with Gasteiger partial charge in [-0.15, -0.1) is 22.7 Å². The molecule has 0 aliphatic carbocycles. The third-order valence-corrected chi connectivity index (χ3v) is 4.52. The molecule has 1 aromatic carbocycles. The van der Waals surface area contributed by atoms with Gasteiger partial charge in [0, 0.05) is 17.9 Å². The van der Waals surface area contributed by atoms with E-state index in [0.29, 0.717) is 15.7 Å². The topological polar surface area (TPSA) is 75.1 Å². The van der Waals surface area contributed by atoms with Crippen molar-refractivity contribution in [3.8, 4) is 27.0 Å². The van der Waals surface area contributed by atoms with Gasteiger partial charge >= 0.3 is 0 Å². The van der Waals surface area contributed by atoms with Crippen molar-refractivity contribution in [3.63, 3.8) is 0 Å². The van der Waals surface area contributed by atoms with Gasteiger partial charge in [-0.25, -0.2) is 9.97 Å². The Hall–Kier alpha value is -2.25. The summed E-state index contributed by atoms with van der Waals surface area (Å²) in [6.07, 6.45) is 0. The van der Waals surface area contributed by atoms with E-state index in [-0.39, 0.29) is 11.8 Å². The highest BCUT2D eigenvalue weighted by molar-refractivity contribution is 7.19. The largest absolute Gasteiger partial charge is 0.492 e. The number of anilines is 1. The molecule has 21 heavy (non-hydrogen) atoms. The summed E-state index contributed by atoms with van der Waals surface area (Å²) in [6, 6.07) is 9.64. The molecule has 3 aromatic rings. The number of nitrogens with one attached hydrogen (secondary N) is 1. The van der Waals surface area contributed by atoms with Crippen LogP contribution in [0, 0.1) is 0 Å². The third-order valence-electron chi connectivity index (χ3n) is 2.65. The Bertz CT molecular complexity index is 781. The van der Waals surface area contributed by atoms with Crippen LogP contribution in [0.1, 0.15) is 6.92 Å². The molecule has 0 saturated heterocycles. The van der Waals surface area contributed by atoms with Gasteiger partial charge in [0.15, 0.2) is 5.13 Å². The first kappa shape index (κ1) is 13.7. The maximum absolute atomic E-state index is 11.0. The summed E-state index contributed by atoms with van der Waals surface area (Å²) in [7, 11) is 0. The zero-order valence-corrected chi connectivity index (χ0v) is 12.7. The molecule has 7 heteroatoms. The van der Waals surface area contributed by atoms with Crippen molar-refractivity contribution in [3.05, 3.63) is 35.7 Å². The van der Waals surface area contributed by atoms with Crippen LogP contribution in [0.3, 0.4) is 0 Å². The molecule has 0 atom stereocenters. The van der Waals surface area contributed by atoms with Crippen molar-refractivity contribution in [2.45, 2.75) is 6.92 Å². The van der Waals surface area contributed by atoms with Gasteiger partial charge in [-0.1, -0.05) is 30.3 Å². The Morgan fingerprint density at radius 2 is 2.00 bits per heavy atom. The average molecular weight is 317 g/mol. The van der Waals surface area contributed by atoms with Crippen molar-refractivity contribution in [2.75, 3.05) is 5.32 Å². The molecule has 106 valence electrons. The zero-order chi connectivity index (χ0) is 14.8. The molecule has 0 fully saturated rings. The van der Waals surface area contributed by atoms with Gasteiger partial charge in [-0.3, -0.25) is 4.79 Å². The van der Waals surface area contributed by atoms with Gasteiger partial charge in [0.1, 0.15) is 9.88 Å². The summed E-state index contributed by atoms with van der Waals surface area (Å²) in [5, 5.41) is 15.7. The molecular formula is C14H11N3O2S2. The molecule has 2 N–H and O–H groups in total. The molecule has 5 nitrogen and oxygen atoms in total. The number of thiazole rings is 2. The van der Waals surface area contributed by atoms with Crippen LogP contribution in [-0.2, 0) is 4.79 Å². The average Bonchev–Trinajstić information content (AvgIpc) is 3.06. The minimum absolute atomic E-state index is 0.0430. The normalized spacial score (nSPS) is 10.5. The number of aromatic nitrogens is 2. The highest BCUT2D eigenvalue weighted by Gasteiger charge is 2.16. The van der Waals surface area contributed by atoms with Crippen LogP contribution in [0.2, 0.25) is 0 Å². The number of carbonyl (C=O) groups is 1. The number of hydrogen-bond donors (Lipinski definition) is 2. The maximum Gasteiger partial charge on any atom is 0.232 e. The number of aromatic hydroxyl groups is 1. The van der Waals surface area contributed by atoms with Gasteiger partial charge in [0.25, 0.3) is 0 Å². The Morgan fingerprint density at radius 1 is 1.24 bits per heavy atom. The quantitative estimate of drug-likeness (QED) is 0.774. The Morgan fingerprint density at radius 3 is 2.71 bits per heavy atom. The molecule has 0 unspecified atom stereocenters. The van der Waals surface area contributed by atoms with E-state index in [0.717, 1.165) is 10.6 Å². The number of carbonyl (C=O) groups excluding carboxylic acids is 1. The Balaban J connectivity index is 1.94. The highest BCUT2D eigenvalue weighted by Crippen LogP contribution is 2.39. The summed E-state index contributed by atoms with van der Waals surface area (Å²) >= 11 is 2.68. The summed E-state index contributed by atoms with van der Waals surface area (Å²) in [5.74, 6) is -0.215. The predicted octanol–water partition coefficient (Wildman–Crippen LogP) is 3.60. The monoisotopic (exact) mass is 317 g/mol. The van der Waals surface area contributed by atoms with Gasteiger partial charge in [0.05, 0.1) is 5.69 Å². The fraction of sp³-hybridized carbons (Fsp3) is 0.0714. The summed E-state index contributed by atoms with van der Waals surface area (Å²) < 4.78 is 0. The Kier molecular flexibility index (Phi) is 3.68. The third kappa shape index (κ3) is 2.93. The number of rotatable bonds is 3. The van der Waals surface area contributed by atoms with Crippen molar-refractivity contribution >= 4 is 33.7 Å². The second-order valence-electron chi connectivity index (χ2n) is 4.26. The van der Waals surface area contributed by atoms with Crippen LogP contribution in [0.5, 0.6) is 5.88 Å². The molecule has 0 spiro atoms. The first-order chi connectivity index (χ1) is 10.1. The maximum atomic E-state index is 11.0. The van der Waals surface area contributed by atoms with Crippen LogP contribution in [0.25, 0.3) is 21.1 Å². The lowest BCUT2D eigenvalue weighted by Gasteiger charge is -1.93. The highest BCUT2D eigenvalue weighted by atomic mass is 32.1. The first-order valence-corrected chi connectivity index (χ1v) is 7.82. The van der Waals surface area contributed by atoms with E-state index >= 15 is 0 Å². The fourth-order valence-electron chi connectivity index (χ4n) is 1.77. The second kappa shape index (κ2) is 5.63. The van der Waals surface area contributed by atoms with Gasteiger partial charge < -0.3 is 10.4 Å². The molecule has 0 bridgehead atoms. The van der Waals surface area contributed by atoms with Crippen LogP contribution < -0.4 is 5.32 Å². The van der Waals surface area contributed by atoms with E-state index in [1.165, 1.54) is 29.6 Å². The fourth-order valence-corrected chi connectivity index (χ4v) is 3.52. The van der Waals surface area contributed by atoms with Crippen LogP contribution in [0.4, 0.5) is 5.13 Å². The van der Waals surface area contributed by atoms with E-state index in [1.807, 2.05) is 30.3 Å². The lowest BCUT2D eigenvalue weighted by molar-refractivity contribution is -0.114. The molecule has 2 aromatic heterocycles. The van der Waals surface area contributed by atoms with Crippen LogP contribution in [0.15, 0.2) is 35.7 Å². The summed E-state index contributed by atoms with van der Waals surface area (Å²) in [5.41, 5.74) is 1.56. The van der Waals surface area contributed by atoms with Crippen molar-refractivity contribution in [2.24, 2.45) is 0 Å². The lowest BCUT2D eigenvalue weighted by atomic mass is 10.2. The lowest BCUT2D eigenvalue weighted by Crippen LogP contribution is -2.04. The molecule has 0 aliphatic heterocycles. The Labute approximate surface area is 129 Å². The van der Waals surface area contributed by atoms with Crippen LogP contribution >= 0.6 is 22.7 Å². The van der Waals surface area contributed by atoms with Gasteiger partial charge in [0.2, 0.25) is 11.8 Å². The molecular weight excluding hydrogens is 306 g/mol. The van der Waals surface area contributed by atoms with E-state index in [1.54, 1.807) is 5.38 Å². The number of hydrogen-bond acceptors (Lipinski definition) is 6. The van der Waals surface area contributed by atoms with E-state index in [4.69, 9.17) is 0 Å². The molecule has 0 saturated carbocycles. The first-order valence-electron chi connectivity index (χ1n) is 6.12. The molecule has 1 amide bonds. The van der Waals surface area contributed by atoms with E-state index < -0.39 is 0 Å². The zero-order valence-electron chi connectivity index (χ0n) is 11.0. The number of nitrogens with zero attached hydrogens (tertiary/aromatic N) is 2. The summed E-state index contributed by atoms with van der Waals surface area (Å²) in [6.45, 7) is 1.43. The summed E-state index contributed by atoms with van der Waals surface area (Å²) in [4.78, 5) is 20.1. The van der Waals surface area contributed by atoms with E-state index in [9.17, 15) is 9.90 Å². The van der Waals surface area contributed by atoms with Crippen molar-refractivity contribution < 1.29 is 9.90 Å². The van der Waals surface area contributed by atoms with Crippen molar-refractivity contribution in [1.29, 1.82) is 0 Å². The molecule has 0 aliphatic rings. The van der Waals surface area contributed by atoms with E-state index in [2.05, 4.69) is 15.3 Å².